The van der Waals surface area contributed by atoms with Gasteiger partial charge >= 0.3 is 5.97 Å². The van der Waals surface area contributed by atoms with E-state index in [4.69, 9.17) is 9.84 Å². The molecule has 2 aliphatic rings. The summed E-state index contributed by atoms with van der Waals surface area (Å²) in [7, 11) is 0. The third-order valence-electron chi connectivity index (χ3n) is 3.21. The fraction of sp³-hybridized carbons (Fsp3) is 0.667. The lowest BCUT2D eigenvalue weighted by molar-refractivity contribution is -0.149. The maximum Gasteiger partial charge on any atom is 0.306 e. The maximum absolute atomic E-state index is 12.1. The van der Waals surface area contributed by atoms with Crippen molar-refractivity contribution in [3.05, 3.63) is 12.2 Å². The molecule has 1 atom stereocenters. The van der Waals surface area contributed by atoms with Crippen LogP contribution in [0.5, 0.6) is 0 Å². The second-order valence-corrected chi connectivity index (χ2v) is 4.51. The Morgan fingerprint density at radius 2 is 2.06 bits per heavy atom. The first kappa shape index (κ1) is 12.1. The molecule has 0 saturated carbocycles. The molecule has 2 rings (SSSR count). The number of carboxylic acids is 1. The van der Waals surface area contributed by atoms with Gasteiger partial charge in [-0.05, 0) is 12.8 Å². The van der Waals surface area contributed by atoms with Crippen LogP contribution in [0.4, 0.5) is 0 Å². The van der Waals surface area contributed by atoms with Crippen LogP contribution in [0.1, 0.15) is 19.3 Å². The van der Waals surface area contributed by atoms with E-state index in [2.05, 4.69) is 0 Å². The van der Waals surface area contributed by atoms with Gasteiger partial charge in [0.15, 0.2) is 0 Å². The summed E-state index contributed by atoms with van der Waals surface area (Å²) in [6.07, 6.45) is 5.27. The Bertz CT molecular complexity index is 331. The Kier molecular flexibility index (Phi) is 3.78. The first-order valence-electron chi connectivity index (χ1n) is 5.94. The van der Waals surface area contributed by atoms with Crippen molar-refractivity contribution in [3.8, 4) is 0 Å². The van der Waals surface area contributed by atoms with Crippen molar-refractivity contribution in [2.45, 2.75) is 25.4 Å². The molecule has 0 spiro atoms. The number of aliphatic carboxylic acids is 1. The zero-order valence-corrected chi connectivity index (χ0v) is 9.67. The predicted molar refractivity (Wildman–Crippen MR) is 60.4 cm³/mol. The molecule has 0 aromatic heterocycles. The van der Waals surface area contributed by atoms with Gasteiger partial charge < -0.3 is 14.7 Å². The number of carbonyl (C=O) groups excluding carboxylic acids is 1. The van der Waals surface area contributed by atoms with Gasteiger partial charge in [-0.3, -0.25) is 9.59 Å². The van der Waals surface area contributed by atoms with E-state index in [-0.39, 0.29) is 24.3 Å². The molecular weight excluding hydrogens is 222 g/mol. The molecule has 1 heterocycles. The van der Waals surface area contributed by atoms with Crippen LogP contribution < -0.4 is 0 Å². The molecule has 94 valence electrons. The molecule has 0 aromatic carbocycles. The number of nitrogens with zero attached hydrogens (tertiary/aromatic N) is 1. The number of ether oxygens (including phenoxy) is 1. The highest BCUT2D eigenvalue weighted by molar-refractivity contribution is 5.80. The molecule has 1 saturated heterocycles. The maximum atomic E-state index is 12.1. The van der Waals surface area contributed by atoms with E-state index in [1.54, 1.807) is 4.90 Å². The van der Waals surface area contributed by atoms with Crippen molar-refractivity contribution < 1.29 is 19.4 Å². The summed E-state index contributed by atoms with van der Waals surface area (Å²) in [4.78, 5) is 24.5. The second kappa shape index (κ2) is 5.31. The van der Waals surface area contributed by atoms with Gasteiger partial charge in [-0.25, -0.2) is 0 Å². The molecule has 0 unspecified atom stereocenters. The molecule has 1 aliphatic heterocycles. The van der Waals surface area contributed by atoms with Gasteiger partial charge in [0.1, 0.15) is 0 Å². The Labute approximate surface area is 100 Å². The van der Waals surface area contributed by atoms with Gasteiger partial charge in [-0.15, -0.1) is 0 Å². The van der Waals surface area contributed by atoms with E-state index >= 15 is 0 Å². The van der Waals surface area contributed by atoms with Crippen molar-refractivity contribution in [2.75, 3.05) is 19.7 Å². The zero-order valence-electron chi connectivity index (χ0n) is 9.67. The molecule has 0 radical (unpaired) electrons. The van der Waals surface area contributed by atoms with Crippen LogP contribution in [0.25, 0.3) is 0 Å². The molecule has 5 heteroatoms. The highest BCUT2D eigenvalue weighted by Gasteiger charge is 2.30. The van der Waals surface area contributed by atoms with Gasteiger partial charge in [-0.1, -0.05) is 12.2 Å². The van der Waals surface area contributed by atoms with Gasteiger partial charge in [-0.2, -0.15) is 0 Å². The summed E-state index contributed by atoms with van der Waals surface area (Å²) >= 11 is 0. The number of carboxylic acid groups (broad SMARTS) is 1. The van der Waals surface area contributed by atoms with Crippen LogP contribution in [0, 0.1) is 5.92 Å². The normalized spacial score (nSPS) is 25.2. The summed E-state index contributed by atoms with van der Waals surface area (Å²) in [5.41, 5.74) is 0. The molecule has 17 heavy (non-hydrogen) atoms. The molecule has 1 N–H and O–H groups in total. The van der Waals surface area contributed by atoms with Crippen LogP contribution in [0.2, 0.25) is 0 Å². The third kappa shape index (κ3) is 3.06. The average Bonchev–Trinajstić information content (AvgIpc) is 2.81. The first-order chi connectivity index (χ1) is 8.16. The van der Waals surface area contributed by atoms with Crippen molar-refractivity contribution in [2.24, 2.45) is 5.92 Å². The van der Waals surface area contributed by atoms with Crippen LogP contribution in [0.3, 0.4) is 0 Å². The highest BCUT2D eigenvalue weighted by atomic mass is 16.5. The van der Waals surface area contributed by atoms with Crippen LogP contribution in [-0.4, -0.2) is 47.7 Å². The van der Waals surface area contributed by atoms with E-state index in [1.807, 2.05) is 12.2 Å². The van der Waals surface area contributed by atoms with Crippen molar-refractivity contribution in [1.29, 1.82) is 0 Å². The predicted octanol–water partition coefficient (Wildman–Crippen LogP) is 0.655. The summed E-state index contributed by atoms with van der Waals surface area (Å²) in [6, 6.07) is 0. The lowest BCUT2D eigenvalue weighted by Crippen LogP contribution is -2.48. The third-order valence-corrected chi connectivity index (χ3v) is 3.21. The summed E-state index contributed by atoms with van der Waals surface area (Å²) in [5, 5.41) is 8.71. The van der Waals surface area contributed by atoms with E-state index in [0.29, 0.717) is 19.7 Å². The van der Waals surface area contributed by atoms with Crippen LogP contribution in [0.15, 0.2) is 12.2 Å². The zero-order chi connectivity index (χ0) is 12.3. The highest BCUT2D eigenvalue weighted by Crippen LogP contribution is 2.22. The molecule has 5 nitrogen and oxygen atoms in total. The first-order valence-corrected chi connectivity index (χ1v) is 5.94. The summed E-state index contributed by atoms with van der Waals surface area (Å²) < 4.78 is 5.34. The number of amides is 1. The Hall–Kier alpha value is -1.36. The molecule has 1 aliphatic carbocycles. The number of carbonyl (C=O) groups is 2. The topological polar surface area (TPSA) is 66.8 Å². The molecule has 1 amide bonds. The molecule has 0 aromatic rings. The standard InChI is InChI=1S/C12H17NO4/c14-11(15)7-10-8-13(5-6-17-10)12(16)9-3-1-2-4-9/h1-2,9-10H,3-8H2,(H,14,15)/t10-/m0/s1. The van der Waals surface area contributed by atoms with Crippen LogP contribution in [-0.2, 0) is 14.3 Å². The largest absolute Gasteiger partial charge is 0.481 e. The Balaban J connectivity index is 1.87. The average molecular weight is 239 g/mol. The van der Waals surface area contributed by atoms with E-state index in [0.717, 1.165) is 12.8 Å². The van der Waals surface area contributed by atoms with Gasteiger partial charge in [0, 0.05) is 19.0 Å². The smallest absolute Gasteiger partial charge is 0.306 e. The Morgan fingerprint density at radius 1 is 1.35 bits per heavy atom. The van der Waals surface area contributed by atoms with E-state index in [1.165, 1.54) is 0 Å². The minimum absolute atomic E-state index is 0.0350. The van der Waals surface area contributed by atoms with Gasteiger partial charge in [0.25, 0.3) is 0 Å². The van der Waals surface area contributed by atoms with E-state index < -0.39 is 5.97 Å². The SMILES string of the molecule is O=C(O)C[C@H]1CN(C(=O)C2CC=CC2)CCO1. The lowest BCUT2D eigenvalue weighted by Gasteiger charge is -2.33. The quantitative estimate of drug-likeness (QED) is 0.734. The summed E-state index contributed by atoms with van der Waals surface area (Å²) in [5.74, 6) is -0.695. The summed E-state index contributed by atoms with van der Waals surface area (Å²) in [6.45, 7) is 1.41. The number of hydrogen-bond donors (Lipinski definition) is 1. The molecular formula is C12H17NO4. The lowest BCUT2D eigenvalue weighted by atomic mass is 10.0. The number of hydrogen-bond acceptors (Lipinski definition) is 3. The van der Waals surface area contributed by atoms with Crippen molar-refractivity contribution in [3.63, 3.8) is 0 Å². The number of morpholine rings is 1. The fourth-order valence-corrected chi connectivity index (χ4v) is 2.31. The second-order valence-electron chi connectivity index (χ2n) is 4.51. The molecule has 0 bridgehead atoms. The van der Waals surface area contributed by atoms with Crippen LogP contribution >= 0.6 is 0 Å². The van der Waals surface area contributed by atoms with Crippen molar-refractivity contribution >= 4 is 11.9 Å². The van der Waals surface area contributed by atoms with Crippen molar-refractivity contribution in [1.82, 2.24) is 4.90 Å². The van der Waals surface area contributed by atoms with E-state index in [9.17, 15) is 9.59 Å². The fourth-order valence-electron chi connectivity index (χ4n) is 2.31. The minimum atomic E-state index is -0.883. The number of rotatable bonds is 3. The van der Waals surface area contributed by atoms with Gasteiger partial charge in [0.05, 0.1) is 19.1 Å². The number of allylic oxidation sites excluding steroid dienone is 2. The van der Waals surface area contributed by atoms with Gasteiger partial charge in [0.2, 0.25) is 5.91 Å². The Morgan fingerprint density at radius 3 is 2.71 bits per heavy atom. The monoisotopic (exact) mass is 239 g/mol. The minimum Gasteiger partial charge on any atom is -0.481 e. The molecule has 1 fully saturated rings.